The fourth-order valence-corrected chi connectivity index (χ4v) is 7.24. The first-order valence-electron chi connectivity index (χ1n) is 17.5. The van der Waals surface area contributed by atoms with Crippen molar-refractivity contribution in [3.8, 4) is 0 Å². The van der Waals surface area contributed by atoms with Crippen LogP contribution >= 0.6 is 11.6 Å². The third-order valence-electron chi connectivity index (χ3n) is 10.3. The molecule has 2 aliphatic heterocycles. The molecule has 4 heterocycles. The number of pyridine rings is 1. The molecular weight excluding hydrogens is 642 g/mol. The van der Waals surface area contributed by atoms with E-state index in [1.165, 1.54) is 10.9 Å². The molecule has 0 radical (unpaired) electrons. The Morgan fingerprint density at radius 1 is 0.959 bits per heavy atom. The molecule has 2 aromatic heterocycles. The van der Waals surface area contributed by atoms with Crippen molar-refractivity contribution >= 4 is 50.9 Å². The molecule has 3 aliphatic rings. The van der Waals surface area contributed by atoms with E-state index in [9.17, 15) is 19.5 Å². The summed E-state index contributed by atoms with van der Waals surface area (Å²) in [5.74, 6) is 0.339. The van der Waals surface area contributed by atoms with Crippen molar-refractivity contribution in [2.75, 3.05) is 57.8 Å². The van der Waals surface area contributed by atoms with Crippen LogP contribution in [-0.4, -0.2) is 99.7 Å². The normalized spacial score (nSPS) is 18.3. The maximum absolute atomic E-state index is 13.3. The molecule has 1 aliphatic carbocycles. The molecule has 3 fully saturated rings. The zero-order chi connectivity index (χ0) is 34.1. The number of nitrogens with one attached hydrogen (secondary N) is 1. The van der Waals surface area contributed by atoms with Crippen LogP contribution in [0.15, 0.2) is 53.6 Å². The van der Waals surface area contributed by atoms with Gasteiger partial charge in [0.2, 0.25) is 5.91 Å². The van der Waals surface area contributed by atoms with E-state index in [-0.39, 0.29) is 23.9 Å². The Kier molecular flexibility index (Phi) is 9.59. The Labute approximate surface area is 290 Å². The zero-order valence-electron chi connectivity index (χ0n) is 28.0. The maximum Gasteiger partial charge on any atom is 0.261 e. The second-order valence-electron chi connectivity index (χ2n) is 14.0. The van der Waals surface area contributed by atoms with Gasteiger partial charge in [0.05, 0.1) is 39.9 Å². The Morgan fingerprint density at radius 3 is 2.47 bits per heavy atom. The Morgan fingerprint density at radius 2 is 1.71 bits per heavy atom. The van der Waals surface area contributed by atoms with Crippen molar-refractivity contribution in [1.29, 1.82) is 0 Å². The number of piperazine rings is 1. The number of amides is 2. The standard InChI is InChI=1S/C37H44ClN7O4/c1-42-16-18-43(19-17-42)27-8-10-29-32(21-27)40-24-45(36(29)48)23-37(49)11-14-44(15-12-37)34(46)4-2-3-13-39-35(47)26-7-9-28-30(38)22-31(25-5-6-25)41-33(28)20-26/h7-10,20-22,24-25,49H,2-6,11-19,23H2,1H3,(H,39,47). The van der Waals surface area contributed by atoms with E-state index in [0.717, 1.165) is 61.3 Å². The average Bonchev–Trinajstić information content (AvgIpc) is 3.95. The molecule has 258 valence electrons. The number of fused-ring (bicyclic) bond motifs is 2. The molecule has 11 nitrogen and oxygen atoms in total. The summed E-state index contributed by atoms with van der Waals surface area (Å²) in [6, 6.07) is 13.1. The monoisotopic (exact) mass is 685 g/mol. The van der Waals surface area contributed by atoms with E-state index < -0.39 is 5.60 Å². The lowest BCUT2D eigenvalue weighted by molar-refractivity contribution is -0.136. The number of hydrogen-bond acceptors (Lipinski definition) is 8. The topological polar surface area (TPSA) is 124 Å². The highest BCUT2D eigenvalue weighted by Gasteiger charge is 2.34. The number of hydrogen-bond donors (Lipinski definition) is 2. The fourth-order valence-electron chi connectivity index (χ4n) is 6.97. The minimum Gasteiger partial charge on any atom is -0.388 e. The zero-order valence-corrected chi connectivity index (χ0v) is 28.8. The van der Waals surface area contributed by atoms with Gasteiger partial charge in [0.1, 0.15) is 0 Å². The van der Waals surface area contributed by atoms with Crippen molar-refractivity contribution in [2.45, 2.75) is 63.0 Å². The van der Waals surface area contributed by atoms with Gasteiger partial charge in [0.15, 0.2) is 0 Å². The summed E-state index contributed by atoms with van der Waals surface area (Å²) in [5, 5.41) is 16.4. The van der Waals surface area contributed by atoms with Crippen molar-refractivity contribution in [3.63, 3.8) is 0 Å². The number of aromatic nitrogens is 3. The number of piperidine rings is 1. The van der Waals surface area contributed by atoms with Gasteiger partial charge >= 0.3 is 0 Å². The number of likely N-dealkylation sites (tertiary alicyclic amines) is 1. The van der Waals surface area contributed by atoms with Gasteiger partial charge in [-0.2, -0.15) is 0 Å². The van der Waals surface area contributed by atoms with Crippen LogP contribution < -0.4 is 15.8 Å². The summed E-state index contributed by atoms with van der Waals surface area (Å²) in [7, 11) is 2.12. The number of anilines is 1. The highest BCUT2D eigenvalue weighted by Crippen LogP contribution is 2.41. The first kappa shape index (κ1) is 33.4. The third-order valence-corrected chi connectivity index (χ3v) is 10.6. The lowest BCUT2D eigenvalue weighted by Gasteiger charge is -2.38. The van der Waals surface area contributed by atoms with Crippen LogP contribution in [0.2, 0.25) is 5.02 Å². The van der Waals surface area contributed by atoms with E-state index in [1.54, 1.807) is 17.0 Å². The van der Waals surface area contributed by atoms with E-state index in [4.69, 9.17) is 16.6 Å². The molecule has 12 heteroatoms. The smallest absolute Gasteiger partial charge is 0.261 e. The molecule has 2 saturated heterocycles. The van der Waals surface area contributed by atoms with Crippen LogP contribution in [0, 0.1) is 0 Å². The number of carbonyl (C=O) groups is 2. The van der Waals surface area contributed by atoms with Crippen LogP contribution in [0.3, 0.4) is 0 Å². The Balaban J connectivity index is 0.856. The summed E-state index contributed by atoms with van der Waals surface area (Å²) < 4.78 is 1.50. The van der Waals surface area contributed by atoms with Gasteiger partial charge in [-0.05, 0) is 82.0 Å². The quantitative estimate of drug-likeness (QED) is 0.239. The molecule has 1 saturated carbocycles. The van der Waals surface area contributed by atoms with E-state index >= 15 is 0 Å². The summed E-state index contributed by atoms with van der Waals surface area (Å²) in [6.45, 7) is 5.33. The van der Waals surface area contributed by atoms with Gasteiger partial charge in [-0.25, -0.2) is 4.98 Å². The molecule has 0 bridgehead atoms. The van der Waals surface area contributed by atoms with Crippen LogP contribution in [0.4, 0.5) is 5.69 Å². The largest absolute Gasteiger partial charge is 0.388 e. The first-order chi connectivity index (χ1) is 23.7. The lowest BCUT2D eigenvalue weighted by Crippen LogP contribution is -2.49. The first-order valence-corrected chi connectivity index (χ1v) is 17.8. The highest BCUT2D eigenvalue weighted by molar-refractivity contribution is 6.35. The molecule has 2 aromatic carbocycles. The number of benzene rings is 2. The molecule has 4 aromatic rings. The van der Waals surface area contributed by atoms with Gasteiger partial charge in [0.25, 0.3) is 11.5 Å². The molecule has 7 rings (SSSR count). The number of rotatable bonds is 10. The molecule has 2 amide bonds. The van der Waals surface area contributed by atoms with Crippen molar-refractivity contribution in [2.24, 2.45) is 0 Å². The highest BCUT2D eigenvalue weighted by atomic mass is 35.5. The maximum atomic E-state index is 13.3. The number of nitrogens with zero attached hydrogens (tertiary/aromatic N) is 6. The van der Waals surface area contributed by atoms with Gasteiger partial charge in [-0.1, -0.05) is 17.7 Å². The average molecular weight is 686 g/mol. The van der Waals surface area contributed by atoms with Crippen LogP contribution in [0.5, 0.6) is 0 Å². The second-order valence-corrected chi connectivity index (χ2v) is 14.4. The van der Waals surface area contributed by atoms with Gasteiger partial charge in [0, 0.05) is 80.5 Å². The van der Waals surface area contributed by atoms with Gasteiger partial charge < -0.3 is 25.1 Å². The van der Waals surface area contributed by atoms with E-state index in [0.29, 0.717) is 79.1 Å². The van der Waals surface area contributed by atoms with Crippen molar-refractivity contribution in [1.82, 2.24) is 29.7 Å². The molecular formula is C37H44ClN7O4. The van der Waals surface area contributed by atoms with Crippen molar-refractivity contribution in [3.05, 3.63) is 75.4 Å². The third kappa shape index (κ3) is 7.59. The lowest BCUT2D eigenvalue weighted by atomic mass is 9.91. The minimum atomic E-state index is -1.09. The number of halogens is 1. The van der Waals surface area contributed by atoms with Crippen molar-refractivity contribution < 1.29 is 14.7 Å². The summed E-state index contributed by atoms with van der Waals surface area (Å²) in [6.07, 6.45) is 6.25. The number of aliphatic hydroxyl groups is 1. The molecule has 0 atom stereocenters. The summed E-state index contributed by atoms with van der Waals surface area (Å²) in [4.78, 5) is 54.8. The summed E-state index contributed by atoms with van der Waals surface area (Å²) in [5.41, 5.74) is 2.73. The van der Waals surface area contributed by atoms with Gasteiger partial charge in [-0.3, -0.25) is 23.9 Å². The van der Waals surface area contributed by atoms with Crippen LogP contribution in [0.1, 0.15) is 66.9 Å². The van der Waals surface area contributed by atoms with Crippen LogP contribution in [-0.2, 0) is 11.3 Å². The van der Waals surface area contributed by atoms with E-state index in [2.05, 4.69) is 27.1 Å². The Bertz CT molecular complexity index is 1930. The molecule has 2 N–H and O–H groups in total. The van der Waals surface area contributed by atoms with Gasteiger partial charge in [-0.15, -0.1) is 0 Å². The number of carbonyl (C=O) groups excluding carboxylic acids is 2. The summed E-state index contributed by atoms with van der Waals surface area (Å²) >= 11 is 6.46. The molecule has 0 spiro atoms. The molecule has 0 unspecified atom stereocenters. The van der Waals surface area contributed by atoms with E-state index in [1.807, 2.05) is 30.3 Å². The molecule has 49 heavy (non-hydrogen) atoms. The number of unbranched alkanes of at least 4 members (excludes halogenated alkanes) is 1. The van der Waals surface area contributed by atoms with Crippen LogP contribution in [0.25, 0.3) is 21.8 Å². The Hall–Kier alpha value is -4.06. The predicted octanol–water partition coefficient (Wildman–Crippen LogP) is 4.18. The number of likely N-dealkylation sites (N-methyl/N-ethyl adjacent to an activating group) is 1. The predicted molar refractivity (Wildman–Crippen MR) is 191 cm³/mol. The fraction of sp³-hybridized carbons (Fsp3) is 0.486. The SMILES string of the molecule is CN1CCN(c2ccc3c(=O)n(CC4(O)CCN(C(=O)CCCCNC(=O)c5ccc6c(Cl)cc(C7CC7)nc6c5)CC4)cnc3c2)CC1. The minimum absolute atomic E-state index is 0.0398. The second kappa shape index (κ2) is 14.0.